The number of phenolic OH excluding ortho intramolecular Hbond substituents is 1. The third kappa shape index (κ3) is 3.69. The third-order valence-corrected chi connectivity index (χ3v) is 3.86. The maximum Gasteiger partial charge on any atom is 0.273 e. The molecule has 114 valence electrons. The number of non-ortho nitro benzene ring substituents is 1. The maximum atomic E-state index is 12.2. The Labute approximate surface area is 122 Å². The zero-order valence-corrected chi connectivity index (χ0v) is 11.8. The Morgan fingerprint density at radius 2 is 2.33 bits per heavy atom. The van der Waals surface area contributed by atoms with E-state index in [0.717, 1.165) is 31.9 Å². The lowest BCUT2D eigenvalue weighted by Crippen LogP contribution is -2.46. The SMILES string of the molecule is CCC1CCNC(C(=O)Nc2ccc([N+](=O)[O-])cc2O)C1. The number of rotatable bonds is 4. The average molecular weight is 293 g/mol. The molecular formula is C14H19N3O4. The van der Waals surface area contributed by atoms with Gasteiger partial charge in [0, 0.05) is 6.07 Å². The number of aromatic hydroxyl groups is 1. The predicted octanol–water partition coefficient (Wildman–Crippen LogP) is 2.02. The molecule has 1 amide bonds. The maximum absolute atomic E-state index is 12.2. The summed E-state index contributed by atoms with van der Waals surface area (Å²) in [6.07, 6.45) is 2.85. The number of hydrogen-bond acceptors (Lipinski definition) is 5. The molecule has 0 spiro atoms. The molecule has 7 heteroatoms. The second-order valence-corrected chi connectivity index (χ2v) is 5.25. The minimum Gasteiger partial charge on any atom is -0.506 e. The molecule has 7 nitrogen and oxygen atoms in total. The smallest absolute Gasteiger partial charge is 0.273 e. The molecule has 2 unspecified atom stereocenters. The molecule has 3 N–H and O–H groups in total. The molecule has 1 aliphatic rings. The van der Waals surface area contributed by atoms with Crippen LogP contribution in [0, 0.1) is 16.0 Å². The third-order valence-electron chi connectivity index (χ3n) is 3.86. The highest BCUT2D eigenvalue weighted by molar-refractivity contribution is 5.96. The molecule has 0 aromatic heterocycles. The second kappa shape index (κ2) is 6.53. The molecule has 1 fully saturated rings. The first-order chi connectivity index (χ1) is 10.0. The molecule has 1 aromatic carbocycles. The van der Waals surface area contributed by atoms with Crippen molar-refractivity contribution in [3.63, 3.8) is 0 Å². The van der Waals surface area contributed by atoms with Crippen LogP contribution in [0.4, 0.5) is 11.4 Å². The lowest BCUT2D eigenvalue weighted by atomic mass is 9.90. The van der Waals surface area contributed by atoms with Crippen LogP contribution in [0.2, 0.25) is 0 Å². The van der Waals surface area contributed by atoms with Crippen LogP contribution in [0.1, 0.15) is 26.2 Å². The van der Waals surface area contributed by atoms with E-state index in [4.69, 9.17) is 0 Å². The van der Waals surface area contributed by atoms with Crippen LogP contribution in [0.15, 0.2) is 18.2 Å². The van der Waals surface area contributed by atoms with Crippen molar-refractivity contribution < 1.29 is 14.8 Å². The van der Waals surface area contributed by atoms with Gasteiger partial charge in [0.25, 0.3) is 5.69 Å². The predicted molar refractivity (Wildman–Crippen MR) is 78.2 cm³/mol. The number of carbonyl (C=O) groups excluding carboxylic acids is 1. The van der Waals surface area contributed by atoms with Crippen LogP contribution < -0.4 is 10.6 Å². The first-order valence-electron chi connectivity index (χ1n) is 7.03. The summed E-state index contributed by atoms with van der Waals surface area (Å²) < 4.78 is 0. The van der Waals surface area contributed by atoms with E-state index >= 15 is 0 Å². The number of hydrogen-bond donors (Lipinski definition) is 3. The van der Waals surface area contributed by atoms with Gasteiger partial charge in [0.15, 0.2) is 0 Å². The zero-order valence-electron chi connectivity index (χ0n) is 11.8. The number of nitro benzene ring substituents is 1. The van der Waals surface area contributed by atoms with Gasteiger partial charge in [0.2, 0.25) is 5.91 Å². The van der Waals surface area contributed by atoms with Crippen molar-refractivity contribution in [2.75, 3.05) is 11.9 Å². The van der Waals surface area contributed by atoms with Crippen LogP contribution in [0.5, 0.6) is 5.75 Å². The van der Waals surface area contributed by atoms with E-state index in [9.17, 15) is 20.0 Å². The summed E-state index contributed by atoms with van der Waals surface area (Å²) in [6.45, 7) is 2.90. The Balaban J connectivity index is 2.04. The largest absolute Gasteiger partial charge is 0.506 e. The van der Waals surface area contributed by atoms with Gasteiger partial charge in [-0.05, 0) is 31.4 Å². The lowest BCUT2D eigenvalue weighted by Gasteiger charge is -2.28. The Kier molecular flexibility index (Phi) is 4.74. The quantitative estimate of drug-likeness (QED) is 0.447. The number of benzene rings is 1. The number of phenols is 1. The van der Waals surface area contributed by atoms with Gasteiger partial charge >= 0.3 is 0 Å². The minimum absolute atomic E-state index is 0.186. The Bertz CT molecular complexity index is 547. The molecule has 1 heterocycles. The first-order valence-corrected chi connectivity index (χ1v) is 7.03. The molecule has 0 aliphatic carbocycles. The number of amides is 1. The van der Waals surface area contributed by atoms with Crippen LogP contribution in [-0.4, -0.2) is 28.5 Å². The van der Waals surface area contributed by atoms with Gasteiger partial charge in [0.1, 0.15) is 5.75 Å². The lowest BCUT2D eigenvalue weighted by molar-refractivity contribution is -0.384. The summed E-state index contributed by atoms with van der Waals surface area (Å²) in [5, 5.41) is 26.1. The van der Waals surface area contributed by atoms with E-state index in [1.54, 1.807) is 0 Å². The molecule has 21 heavy (non-hydrogen) atoms. The van der Waals surface area contributed by atoms with Crippen LogP contribution in [-0.2, 0) is 4.79 Å². The summed E-state index contributed by atoms with van der Waals surface area (Å²) in [6, 6.07) is 3.32. The monoisotopic (exact) mass is 293 g/mol. The van der Waals surface area contributed by atoms with Gasteiger partial charge in [-0.2, -0.15) is 0 Å². The molecule has 0 saturated carbocycles. The fourth-order valence-electron chi connectivity index (χ4n) is 2.53. The number of nitrogens with zero attached hydrogens (tertiary/aromatic N) is 1. The Hall–Kier alpha value is -2.15. The fourth-order valence-corrected chi connectivity index (χ4v) is 2.53. The highest BCUT2D eigenvalue weighted by Crippen LogP contribution is 2.28. The summed E-state index contributed by atoms with van der Waals surface area (Å²) in [7, 11) is 0. The van der Waals surface area contributed by atoms with Gasteiger partial charge in [-0.15, -0.1) is 0 Å². The molecular weight excluding hydrogens is 274 g/mol. The van der Waals surface area contributed by atoms with Crippen LogP contribution >= 0.6 is 0 Å². The summed E-state index contributed by atoms with van der Waals surface area (Å²) in [5.41, 5.74) is -0.0293. The van der Waals surface area contributed by atoms with Crippen molar-refractivity contribution in [3.8, 4) is 5.75 Å². The highest BCUT2D eigenvalue weighted by atomic mass is 16.6. The van der Waals surface area contributed by atoms with E-state index < -0.39 is 4.92 Å². The number of carbonyl (C=O) groups is 1. The summed E-state index contributed by atoms with van der Waals surface area (Å²) in [5.74, 6) is -0.00911. The highest BCUT2D eigenvalue weighted by Gasteiger charge is 2.26. The van der Waals surface area contributed by atoms with Gasteiger partial charge in [-0.3, -0.25) is 14.9 Å². The van der Waals surface area contributed by atoms with Gasteiger partial charge in [-0.25, -0.2) is 0 Å². The van der Waals surface area contributed by atoms with Crippen LogP contribution in [0.25, 0.3) is 0 Å². The first kappa shape index (κ1) is 15.2. The fraction of sp³-hybridized carbons (Fsp3) is 0.500. The topological polar surface area (TPSA) is 104 Å². The molecule has 0 radical (unpaired) electrons. The van der Waals surface area contributed by atoms with E-state index in [0.29, 0.717) is 5.92 Å². The number of nitrogens with one attached hydrogen (secondary N) is 2. The van der Waals surface area contributed by atoms with Crippen molar-refractivity contribution in [2.24, 2.45) is 5.92 Å². The number of anilines is 1. The van der Waals surface area contributed by atoms with Crippen LogP contribution in [0.3, 0.4) is 0 Å². The van der Waals surface area contributed by atoms with Gasteiger partial charge < -0.3 is 15.7 Å². The number of nitro groups is 1. The van der Waals surface area contributed by atoms with E-state index in [1.165, 1.54) is 12.1 Å². The Morgan fingerprint density at radius 3 is 2.95 bits per heavy atom. The number of piperidine rings is 1. The van der Waals surface area contributed by atoms with E-state index in [-0.39, 0.29) is 29.1 Å². The van der Waals surface area contributed by atoms with Crippen molar-refractivity contribution >= 4 is 17.3 Å². The van der Waals surface area contributed by atoms with Crippen molar-refractivity contribution in [2.45, 2.75) is 32.2 Å². The normalized spacial score (nSPS) is 21.8. The summed E-state index contributed by atoms with van der Waals surface area (Å²) >= 11 is 0. The molecule has 1 aromatic rings. The zero-order chi connectivity index (χ0) is 15.4. The molecule has 0 bridgehead atoms. The van der Waals surface area contributed by atoms with Crippen molar-refractivity contribution in [1.82, 2.24) is 5.32 Å². The molecule has 2 rings (SSSR count). The molecule has 1 aliphatic heterocycles. The molecule has 2 atom stereocenters. The van der Waals surface area contributed by atoms with Crippen molar-refractivity contribution in [1.29, 1.82) is 0 Å². The van der Waals surface area contributed by atoms with Gasteiger partial charge in [0.05, 0.1) is 22.7 Å². The van der Waals surface area contributed by atoms with Crippen molar-refractivity contribution in [3.05, 3.63) is 28.3 Å². The van der Waals surface area contributed by atoms with E-state index in [2.05, 4.69) is 17.6 Å². The standard InChI is InChI=1S/C14H19N3O4/c1-2-9-5-6-15-12(7-9)14(19)16-11-4-3-10(17(20)21)8-13(11)18/h3-4,8-9,12,15,18H,2,5-7H2,1H3,(H,16,19). The Morgan fingerprint density at radius 1 is 1.57 bits per heavy atom. The molecule has 1 saturated heterocycles. The average Bonchev–Trinajstić information content (AvgIpc) is 2.49. The summed E-state index contributed by atoms with van der Waals surface area (Å²) in [4.78, 5) is 22.2. The minimum atomic E-state index is -0.597. The van der Waals surface area contributed by atoms with Gasteiger partial charge in [-0.1, -0.05) is 13.3 Å². The van der Waals surface area contributed by atoms with E-state index in [1.807, 2.05) is 0 Å². The second-order valence-electron chi connectivity index (χ2n) is 5.25.